The quantitative estimate of drug-likeness (QED) is 0.695. The first-order valence-electron chi connectivity index (χ1n) is 4.88. The van der Waals surface area contributed by atoms with E-state index in [-0.39, 0.29) is 6.42 Å². The summed E-state index contributed by atoms with van der Waals surface area (Å²) in [6.45, 7) is 0. The van der Waals surface area contributed by atoms with E-state index < -0.39 is 17.4 Å². The Bertz CT molecular complexity index is 381. The van der Waals surface area contributed by atoms with Crippen molar-refractivity contribution in [2.45, 2.75) is 23.8 Å². The van der Waals surface area contributed by atoms with Gasteiger partial charge < -0.3 is 4.74 Å². The van der Waals surface area contributed by atoms with Crippen LogP contribution in [0.5, 0.6) is 5.75 Å². The molecule has 1 rings (SSSR count). The first-order valence-corrected chi connectivity index (χ1v) is 6.17. The lowest BCUT2D eigenvalue weighted by molar-refractivity contribution is -0.135. The van der Waals surface area contributed by atoms with E-state index in [0.717, 1.165) is 0 Å². The zero-order valence-corrected chi connectivity index (χ0v) is 11.4. The molecule has 1 unspecified atom stereocenters. The minimum absolute atomic E-state index is 0.0554. The normalized spacial score (nSPS) is 13.5. The van der Waals surface area contributed by atoms with E-state index >= 15 is 0 Å². The number of alkyl halides is 4. The predicted molar refractivity (Wildman–Crippen MR) is 65.0 cm³/mol. The summed E-state index contributed by atoms with van der Waals surface area (Å²) in [7, 11) is 1.47. The number of benzene rings is 1. The zero-order valence-electron chi connectivity index (χ0n) is 9.02. The molecule has 1 nitrogen and oxygen atoms in total. The predicted octanol–water partition coefficient (Wildman–Crippen LogP) is 5.13. The largest absolute Gasteiger partial charge is 0.496 e. The van der Waals surface area contributed by atoms with Gasteiger partial charge in [0, 0.05) is 21.8 Å². The van der Waals surface area contributed by atoms with Crippen molar-refractivity contribution in [3.63, 3.8) is 0 Å². The Kier molecular flexibility index (Phi) is 5.13. The number of ether oxygens (including phenoxy) is 1. The summed E-state index contributed by atoms with van der Waals surface area (Å²) in [6, 6.07) is 4.88. The van der Waals surface area contributed by atoms with Gasteiger partial charge in [-0.25, -0.2) is 0 Å². The zero-order chi connectivity index (χ0) is 13.1. The smallest absolute Gasteiger partial charge is 0.389 e. The Balaban J connectivity index is 2.80. The highest BCUT2D eigenvalue weighted by atomic mass is 79.9. The summed E-state index contributed by atoms with van der Waals surface area (Å²) < 4.78 is 41.4. The van der Waals surface area contributed by atoms with E-state index in [4.69, 9.17) is 16.3 Å². The number of hydrogen-bond donors (Lipinski definition) is 0. The molecule has 0 aliphatic rings. The molecule has 1 aromatic rings. The van der Waals surface area contributed by atoms with Gasteiger partial charge in [0.25, 0.3) is 0 Å². The molecule has 0 saturated heterocycles. The highest BCUT2D eigenvalue weighted by molar-refractivity contribution is 9.09. The maximum Gasteiger partial charge on any atom is 0.389 e. The molecule has 0 aliphatic heterocycles. The second kappa shape index (κ2) is 5.96. The van der Waals surface area contributed by atoms with E-state index in [9.17, 15) is 13.2 Å². The molecular weight excluding hydrogens is 320 g/mol. The molecule has 0 N–H and O–H groups in total. The molecule has 0 amide bonds. The molecule has 6 heteroatoms. The molecule has 0 radical (unpaired) electrons. The van der Waals surface area contributed by atoms with E-state index in [1.165, 1.54) is 7.11 Å². The minimum Gasteiger partial charge on any atom is -0.496 e. The van der Waals surface area contributed by atoms with Crippen LogP contribution in [0.15, 0.2) is 18.2 Å². The number of methoxy groups -OCH3 is 1. The topological polar surface area (TPSA) is 9.23 Å². The maximum atomic E-state index is 12.1. The summed E-state index contributed by atoms with van der Waals surface area (Å²) in [5.74, 6) is 0.526. The van der Waals surface area contributed by atoms with Crippen LogP contribution in [0.1, 0.15) is 23.2 Å². The second-order valence-corrected chi connectivity index (χ2v) is 5.05. The summed E-state index contributed by atoms with van der Waals surface area (Å²) in [4.78, 5) is -0.433. The van der Waals surface area contributed by atoms with Gasteiger partial charge in [0.2, 0.25) is 0 Å². The van der Waals surface area contributed by atoms with Crippen LogP contribution in [0.25, 0.3) is 0 Å². The van der Waals surface area contributed by atoms with Crippen LogP contribution in [0.4, 0.5) is 13.2 Å². The molecule has 0 aliphatic carbocycles. The van der Waals surface area contributed by atoms with Crippen molar-refractivity contribution in [3.05, 3.63) is 28.8 Å². The van der Waals surface area contributed by atoms with Crippen LogP contribution in [0, 0.1) is 0 Å². The fourth-order valence-electron chi connectivity index (χ4n) is 1.40. The molecule has 0 spiro atoms. The molecule has 0 bridgehead atoms. The lowest BCUT2D eigenvalue weighted by atomic mass is 10.1. The minimum atomic E-state index is -4.15. The molecular formula is C11H11BrClF3O. The average molecular weight is 332 g/mol. The lowest BCUT2D eigenvalue weighted by Crippen LogP contribution is -2.08. The van der Waals surface area contributed by atoms with Crippen molar-refractivity contribution in [2.24, 2.45) is 0 Å². The lowest BCUT2D eigenvalue weighted by Gasteiger charge is -2.15. The van der Waals surface area contributed by atoms with Gasteiger partial charge in [0.05, 0.1) is 7.11 Å². The number of halogens is 5. The van der Waals surface area contributed by atoms with Crippen molar-refractivity contribution in [3.8, 4) is 5.75 Å². The van der Waals surface area contributed by atoms with Crippen LogP contribution in [0.3, 0.4) is 0 Å². The fourth-order valence-corrected chi connectivity index (χ4v) is 2.16. The van der Waals surface area contributed by atoms with Crippen molar-refractivity contribution in [1.82, 2.24) is 0 Å². The van der Waals surface area contributed by atoms with Crippen molar-refractivity contribution >= 4 is 27.5 Å². The Morgan fingerprint density at radius 3 is 2.59 bits per heavy atom. The summed E-state index contributed by atoms with van der Waals surface area (Å²) in [5, 5.41) is 0.470. The van der Waals surface area contributed by atoms with Gasteiger partial charge in [0.15, 0.2) is 0 Å². The Morgan fingerprint density at radius 2 is 2.06 bits per heavy atom. The molecule has 1 aromatic carbocycles. The van der Waals surface area contributed by atoms with Gasteiger partial charge in [0.1, 0.15) is 5.75 Å². The molecule has 1 atom stereocenters. The molecule has 17 heavy (non-hydrogen) atoms. The summed E-state index contributed by atoms with van der Waals surface area (Å²) >= 11 is 9.04. The fraction of sp³-hybridized carbons (Fsp3) is 0.455. The Morgan fingerprint density at radius 1 is 1.41 bits per heavy atom. The van der Waals surface area contributed by atoms with Crippen molar-refractivity contribution in [2.75, 3.05) is 7.11 Å². The third-order valence-corrected chi connectivity index (χ3v) is 3.40. The Labute approximate surface area is 111 Å². The molecule has 0 aromatic heterocycles. The van der Waals surface area contributed by atoms with E-state index in [1.807, 2.05) is 0 Å². The van der Waals surface area contributed by atoms with Crippen LogP contribution >= 0.6 is 27.5 Å². The Hall–Kier alpha value is -0.420. The van der Waals surface area contributed by atoms with Gasteiger partial charge in [-0.2, -0.15) is 13.2 Å². The van der Waals surface area contributed by atoms with Crippen LogP contribution in [-0.4, -0.2) is 13.3 Å². The summed E-state index contributed by atoms with van der Waals surface area (Å²) in [6.07, 6.45) is -5.06. The van der Waals surface area contributed by atoms with Gasteiger partial charge in [-0.15, -0.1) is 0 Å². The maximum absolute atomic E-state index is 12.1. The van der Waals surface area contributed by atoms with Gasteiger partial charge in [-0.1, -0.05) is 27.5 Å². The van der Waals surface area contributed by atoms with Crippen LogP contribution < -0.4 is 4.74 Å². The van der Waals surface area contributed by atoms with Gasteiger partial charge in [-0.05, 0) is 24.6 Å². The molecule has 0 fully saturated rings. The second-order valence-electron chi connectivity index (χ2n) is 3.51. The molecule has 0 heterocycles. The average Bonchev–Trinajstić information content (AvgIpc) is 2.25. The van der Waals surface area contributed by atoms with E-state index in [0.29, 0.717) is 16.3 Å². The van der Waals surface area contributed by atoms with Crippen LogP contribution in [0.2, 0.25) is 5.02 Å². The summed E-state index contributed by atoms with van der Waals surface area (Å²) in [5.41, 5.74) is 0.629. The first-order chi connectivity index (χ1) is 7.83. The monoisotopic (exact) mass is 330 g/mol. The third-order valence-electron chi connectivity index (χ3n) is 2.21. The molecule has 96 valence electrons. The number of rotatable bonds is 4. The van der Waals surface area contributed by atoms with Gasteiger partial charge >= 0.3 is 6.18 Å². The van der Waals surface area contributed by atoms with Gasteiger partial charge in [-0.3, -0.25) is 0 Å². The molecule has 0 saturated carbocycles. The standard InChI is InChI=1S/C11H11BrClF3O/c1-17-10-3-2-7(13)6-8(10)9(12)4-5-11(14,15)16/h2-3,6,9H,4-5H2,1H3. The van der Waals surface area contributed by atoms with E-state index in [1.54, 1.807) is 18.2 Å². The van der Waals surface area contributed by atoms with Crippen molar-refractivity contribution in [1.29, 1.82) is 0 Å². The van der Waals surface area contributed by atoms with Crippen molar-refractivity contribution < 1.29 is 17.9 Å². The highest BCUT2D eigenvalue weighted by Crippen LogP contribution is 2.38. The van der Waals surface area contributed by atoms with Crippen LogP contribution in [-0.2, 0) is 0 Å². The highest BCUT2D eigenvalue weighted by Gasteiger charge is 2.28. The number of hydrogen-bond acceptors (Lipinski definition) is 1. The third kappa shape index (κ3) is 4.76. The first kappa shape index (κ1) is 14.6. The SMILES string of the molecule is COc1ccc(Cl)cc1C(Br)CCC(F)(F)F. The van der Waals surface area contributed by atoms with E-state index in [2.05, 4.69) is 15.9 Å².